The van der Waals surface area contributed by atoms with Crippen molar-refractivity contribution >= 4 is 38.1 Å². The van der Waals surface area contributed by atoms with Crippen LogP contribution in [-0.4, -0.2) is 19.3 Å². The van der Waals surface area contributed by atoms with Crippen molar-refractivity contribution in [2.75, 3.05) is 10.0 Å². The molecule has 0 saturated heterocycles. The first-order chi connectivity index (χ1) is 12.9. The Labute approximate surface area is 171 Å². The highest BCUT2D eigenvalue weighted by Crippen LogP contribution is 2.30. The maximum absolute atomic E-state index is 12.7. The monoisotopic (exact) mass is 423 g/mol. The molecular formula is C20H29N3O3S2. The largest absolute Gasteiger partial charge is 0.302 e. The molecule has 2 rings (SSSR count). The molecule has 2 N–H and O–H groups in total. The van der Waals surface area contributed by atoms with E-state index in [0.717, 1.165) is 23.3 Å². The van der Waals surface area contributed by atoms with Crippen molar-refractivity contribution in [3.05, 3.63) is 35.5 Å². The molecule has 0 saturated carbocycles. The molecule has 1 aromatic carbocycles. The summed E-state index contributed by atoms with van der Waals surface area (Å²) in [7, 11) is -3.76. The molecule has 0 aliphatic carbocycles. The van der Waals surface area contributed by atoms with Gasteiger partial charge >= 0.3 is 0 Å². The summed E-state index contributed by atoms with van der Waals surface area (Å²) in [5.74, 6) is 0.0772. The van der Waals surface area contributed by atoms with E-state index in [1.165, 1.54) is 0 Å². The molecule has 0 spiro atoms. The molecule has 0 radical (unpaired) electrons. The second-order valence-electron chi connectivity index (χ2n) is 8.49. The second-order valence-corrected chi connectivity index (χ2v) is 11.4. The van der Waals surface area contributed by atoms with Gasteiger partial charge in [0.25, 0.3) is 10.0 Å². The van der Waals surface area contributed by atoms with E-state index in [1.807, 2.05) is 26.0 Å². The van der Waals surface area contributed by atoms with E-state index in [0.29, 0.717) is 22.9 Å². The summed E-state index contributed by atoms with van der Waals surface area (Å²) >= 11 is 0.964. The summed E-state index contributed by atoms with van der Waals surface area (Å²) < 4.78 is 28.0. The number of amides is 1. The van der Waals surface area contributed by atoms with E-state index in [1.54, 1.807) is 19.1 Å². The standard InChI is InChI=1S/C20H29N3O3S2/c1-13-7-9-16(10-8-13)23-28(25,26)18-15(3)21-19(27-18)22-17(24)11-14(2)12-20(4,5)6/h7-10,14,23H,11-12H2,1-6H3,(H,21,22,24). The van der Waals surface area contributed by atoms with E-state index in [4.69, 9.17) is 0 Å². The summed E-state index contributed by atoms with van der Waals surface area (Å²) in [5, 5.41) is 3.04. The molecule has 1 amide bonds. The number of thiazole rings is 1. The zero-order chi connectivity index (χ0) is 21.1. The number of carbonyl (C=O) groups excluding carboxylic acids is 1. The van der Waals surface area contributed by atoms with Crippen LogP contribution in [0.15, 0.2) is 28.5 Å². The molecule has 0 bridgehead atoms. The Morgan fingerprint density at radius 1 is 1.18 bits per heavy atom. The number of benzene rings is 1. The van der Waals surface area contributed by atoms with E-state index in [2.05, 4.69) is 35.8 Å². The fraction of sp³-hybridized carbons (Fsp3) is 0.500. The van der Waals surface area contributed by atoms with E-state index in [-0.39, 0.29) is 21.4 Å². The van der Waals surface area contributed by atoms with Gasteiger partial charge in [0.15, 0.2) is 9.34 Å². The lowest BCUT2D eigenvalue weighted by atomic mass is 9.84. The first-order valence-corrected chi connectivity index (χ1v) is 11.5. The first kappa shape index (κ1) is 22.4. The second kappa shape index (κ2) is 8.61. The molecular weight excluding hydrogens is 394 g/mol. The van der Waals surface area contributed by atoms with Gasteiger partial charge < -0.3 is 5.32 Å². The fourth-order valence-electron chi connectivity index (χ4n) is 3.11. The fourth-order valence-corrected chi connectivity index (χ4v) is 5.60. The van der Waals surface area contributed by atoms with Crippen LogP contribution in [0, 0.1) is 25.2 Å². The topological polar surface area (TPSA) is 88.2 Å². The quantitative estimate of drug-likeness (QED) is 0.659. The minimum atomic E-state index is -3.76. The van der Waals surface area contributed by atoms with Gasteiger partial charge in [-0.05, 0) is 43.7 Å². The molecule has 8 heteroatoms. The molecule has 1 unspecified atom stereocenters. The van der Waals surface area contributed by atoms with Gasteiger partial charge in [0.05, 0.1) is 5.69 Å². The van der Waals surface area contributed by atoms with Crippen molar-refractivity contribution < 1.29 is 13.2 Å². The number of aromatic nitrogens is 1. The Morgan fingerprint density at radius 3 is 2.36 bits per heavy atom. The van der Waals surface area contributed by atoms with Crippen LogP contribution in [0.3, 0.4) is 0 Å². The maximum atomic E-state index is 12.7. The number of anilines is 2. The van der Waals surface area contributed by atoms with Crippen molar-refractivity contribution in [2.24, 2.45) is 11.3 Å². The van der Waals surface area contributed by atoms with E-state index in [9.17, 15) is 13.2 Å². The van der Waals surface area contributed by atoms with Crippen LogP contribution in [0.2, 0.25) is 0 Å². The number of hydrogen-bond acceptors (Lipinski definition) is 5. The summed E-state index contributed by atoms with van der Waals surface area (Å²) in [5.41, 5.74) is 2.05. The molecule has 1 aromatic heterocycles. The predicted molar refractivity (Wildman–Crippen MR) is 115 cm³/mol. The van der Waals surface area contributed by atoms with Crippen LogP contribution < -0.4 is 10.0 Å². The van der Waals surface area contributed by atoms with Crippen molar-refractivity contribution in [2.45, 2.75) is 58.6 Å². The molecule has 6 nitrogen and oxygen atoms in total. The van der Waals surface area contributed by atoms with Crippen molar-refractivity contribution in [1.29, 1.82) is 0 Å². The van der Waals surface area contributed by atoms with Crippen molar-refractivity contribution in [3.8, 4) is 0 Å². The van der Waals surface area contributed by atoms with Gasteiger partial charge in [0.1, 0.15) is 0 Å². The molecule has 28 heavy (non-hydrogen) atoms. The number of sulfonamides is 1. The first-order valence-electron chi connectivity index (χ1n) is 9.22. The average Bonchev–Trinajstić information content (AvgIpc) is 2.88. The Hall–Kier alpha value is -1.93. The Balaban J connectivity index is 2.07. The molecule has 0 aliphatic rings. The zero-order valence-electron chi connectivity index (χ0n) is 17.3. The van der Waals surface area contributed by atoms with Gasteiger partial charge in [-0.25, -0.2) is 13.4 Å². The van der Waals surface area contributed by atoms with E-state index < -0.39 is 10.0 Å². The van der Waals surface area contributed by atoms with Gasteiger partial charge in [-0.15, -0.1) is 0 Å². The Bertz CT molecular complexity index is 927. The number of aryl methyl sites for hydroxylation is 2. The van der Waals surface area contributed by atoms with E-state index >= 15 is 0 Å². The van der Waals surface area contributed by atoms with Crippen molar-refractivity contribution in [3.63, 3.8) is 0 Å². The van der Waals surface area contributed by atoms with Crippen LogP contribution in [0.4, 0.5) is 10.8 Å². The molecule has 1 atom stereocenters. The van der Waals surface area contributed by atoms with Crippen molar-refractivity contribution in [1.82, 2.24) is 4.98 Å². The average molecular weight is 424 g/mol. The highest BCUT2D eigenvalue weighted by Gasteiger charge is 2.23. The van der Waals surface area contributed by atoms with Crippen LogP contribution in [0.25, 0.3) is 0 Å². The normalized spacial score (nSPS) is 13.2. The number of hydrogen-bond donors (Lipinski definition) is 2. The summed E-state index contributed by atoms with van der Waals surface area (Å²) in [6.45, 7) is 12.0. The Kier molecular flexibility index (Phi) is 6.88. The van der Waals surface area contributed by atoms with Gasteiger partial charge in [-0.1, -0.05) is 56.7 Å². The molecule has 154 valence electrons. The lowest BCUT2D eigenvalue weighted by molar-refractivity contribution is -0.117. The number of nitrogens with one attached hydrogen (secondary N) is 2. The van der Waals surface area contributed by atoms with Gasteiger partial charge in [-0.2, -0.15) is 0 Å². The maximum Gasteiger partial charge on any atom is 0.273 e. The summed E-state index contributed by atoms with van der Waals surface area (Å²) in [6.07, 6.45) is 1.30. The lowest BCUT2D eigenvalue weighted by Gasteiger charge is -2.22. The number of nitrogens with zero attached hydrogens (tertiary/aromatic N) is 1. The molecule has 0 fully saturated rings. The summed E-state index contributed by atoms with van der Waals surface area (Å²) in [6, 6.07) is 7.09. The third-order valence-electron chi connectivity index (χ3n) is 4.04. The SMILES string of the molecule is Cc1ccc(NS(=O)(=O)c2sc(NC(=O)CC(C)CC(C)(C)C)nc2C)cc1. The smallest absolute Gasteiger partial charge is 0.273 e. The van der Waals surface area contributed by atoms with Gasteiger partial charge in [-0.3, -0.25) is 9.52 Å². The van der Waals surface area contributed by atoms with Crippen LogP contribution >= 0.6 is 11.3 Å². The minimum absolute atomic E-state index is 0.103. The molecule has 1 heterocycles. The number of carbonyl (C=O) groups is 1. The Morgan fingerprint density at radius 2 is 1.79 bits per heavy atom. The zero-order valence-corrected chi connectivity index (χ0v) is 18.9. The molecule has 0 aliphatic heterocycles. The third-order valence-corrected chi connectivity index (χ3v) is 7.11. The van der Waals surface area contributed by atoms with Crippen LogP contribution in [0.5, 0.6) is 0 Å². The molecule has 2 aromatic rings. The summed E-state index contributed by atoms with van der Waals surface area (Å²) in [4.78, 5) is 16.5. The minimum Gasteiger partial charge on any atom is -0.302 e. The highest BCUT2D eigenvalue weighted by atomic mass is 32.2. The third kappa shape index (κ3) is 6.60. The van der Waals surface area contributed by atoms with Gasteiger partial charge in [0, 0.05) is 12.1 Å². The predicted octanol–water partition coefficient (Wildman–Crippen LogP) is 4.96. The highest BCUT2D eigenvalue weighted by molar-refractivity contribution is 7.94. The number of rotatable bonds is 7. The van der Waals surface area contributed by atoms with Crippen LogP contribution in [-0.2, 0) is 14.8 Å². The van der Waals surface area contributed by atoms with Crippen LogP contribution in [0.1, 0.15) is 51.8 Å². The van der Waals surface area contributed by atoms with Gasteiger partial charge in [0.2, 0.25) is 5.91 Å². The lowest BCUT2D eigenvalue weighted by Crippen LogP contribution is -2.18.